The van der Waals surface area contributed by atoms with E-state index in [9.17, 15) is 9.59 Å². The number of nitrogens with one attached hydrogen (secondary N) is 1. The Kier molecular flexibility index (Phi) is 8.56. The van der Waals surface area contributed by atoms with E-state index in [2.05, 4.69) is 35.9 Å². The molecule has 0 bridgehead atoms. The number of hydrogen-bond acceptors (Lipinski definition) is 4. The maximum Gasteiger partial charge on any atom is 0.246 e. The summed E-state index contributed by atoms with van der Waals surface area (Å²) in [5, 5.41) is 1.12. The van der Waals surface area contributed by atoms with Gasteiger partial charge in [0, 0.05) is 29.6 Å². The highest BCUT2D eigenvalue weighted by Crippen LogP contribution is 2.43. The molecule has 2 aromatic carbocycles. The second-order valence-electron chi connectivity index (χ2n) is 10.9. The Bertz CT molecular complexity index is 1290. The van der Waals surface area contributed by atoms with Gasteiger partial charge in [0.05, 0.1) is 19.7 Å². The van der Waals surface area contributed by atoms with Gasteiger partial charge < -0.3 is 24.4 Å². The van der Waals surface area contributed by atoms with Crippen LogP contribution in [0, 0.1) is 0 Å². The van der Waals surface area contributed by atoms with Crippen LogP contribution in [0.15, 0.2) is 48.5 Å². The van der Waals surface area contributed by atoms with Gasteiger partial charge in [0.25, 0.3) is 0 Å². The van der Waals surface area contributed by atoms with Crippen molar-refractivity contribution in [3.63, 3.8) is 0 Å². The van der Waals surface area contributed by atoms with Gasteiger partial charge in [0.1, 0.15) is 11.8 Å². The molecular weight excluding hydrogens is 488 g/mol. The first-order valence-corrected chi connectivity index (χ1v) is 14.6. The molecule has 0 aliphatic carbocycles. The normalized spacial score (nSPS) is 19.1. The molecule has 2 aliphatic heterocycles. The molecule has 2 atom stereocenters. The average molecular weight is 531 g/mol. The van der Waals surface area contributed by atoms with Crippen LogP contribution in [0.3, 0.4) is 0 Å². The second-order valence-corrected chi connectivity index (χ2v) is 10.9. The molecule has 1 fully saturated rings. The number of fused-ring (bicyclic) bond motifs is 4. The molecule has 1 saturated heterocycles. The largest absolute Gasteiger partial charge is 0.497 e. The lowest BCUT2D eigenvalue weighted by molar-refractivity contribution is -0.158. The Hall–Kier alpha value is -3.32. The third kappa shape index (κ3) is 5.55. The summed E-state index contributed by atoms with van der Waals surface area (Å²) in [5.74, 6) is 0.804. The summed E-state index contributed by atoms with van der Waals surface area (Å²) in [4.78, 5) is 37.5. The zero-order valence-corrected chi connectivity index (χ0v) is 23.6. The summed E-state index contributed by atoms with van der Waals surface area (Å²) in [6.07, 6.45) is 6.17. The van der Waals surface area contributed by atoms with Crippen molar-refractivity contribution >= 4 is 22.7 Å². The molecule has 3 aromatic rings. The first kappa shape index (κ1) is 27.3. The zero-order chi connectivity index (χ0) is 27.4. The van der Waals surface area contributed by atoms with E-state index in [1.54, 1.807) is 7.11 Å². The second kappa shape index (κ2) is 12.2. The third-order valence-corrected chi connectivity index (χ3v) is 8.31. The van der Waals surface area contributed by atoms with Crippen LogP contribution in [-0.2, 0) is 16.0 Å². The molecule has 5 rings (SSSR count). The molecule has 0 radical (unpaired) electrons. The number of aromatic nitrogens is 1. The van der Waals surface area contributed by atoms with E-state index in [4.69, 9.17) is 4.74 Å². The van der Waals surface area contributed by atoms with Gasteiger partial charge in [-0.3, -0.25) is 9.59 Å². The van der Waals surface area contributed by atoms with E-state index >= 15 is 0 Å². The van der Waals surface area contributed by atoms with Crippen molar-refractivity contribution in [2.45, 2.75) is 64.5 Å². The molecule has 1 unspecified atom stereocenters. The standard InChI is InChI=1S/C32H42N4O3/c1-4-6-16-34(17-7-5-2)18-11-19-35-22-29(37)36-28(32(35)38)21-26-25-14-8-9-15-27(25)33-30(26)31(36)23-12-10-13-24(20-23)39-3/h8-10,12-15,20,28,31,33H,4-7,11,16-19,21-22H2,1-3H3/t28-,31?/m0/s1. The highest BCUT2D eigenvalue weighted by Gasteiger charge is 2.48. The van der Waals surface area contributed by atoms with Crippen LogP contribution < -0.4 is 4.74 Å². The van der Waals surface area contributed by atoms with Gasteiger partial charge in [0.2, 0.25) is 11.8 Å². The molecule has 7 nitrogen and oxygen atoms in total. The number of benzene rings is 2. The number of unbranched alkanes of at least 4 members (excludes halogenated alkanes) is 2. The number of piperazine rings is 1. The molecule has 3 heterocycles. The first-order chi connectivity index (χ1) is 19.0. The highest BCUT2D eigenvalue weighted by molar-refractivity contribution is 5.97. The molecule has 7 heteroatoms. The van der Waals surface area contributed by atoms with Crippen LogP contribution >= 0.6 is 0 Å². The topological polar surface area (TPSA) is 68.9 Å². The fourth-order valence-electron chi connectivity index (χ4n) is 6.25. The van der Waals surface area contributed by atoms with Gasteiger partial charge in [-0.2, -0.15) is 0 Å². The predicted molar refractivity (Wildman–Crippen MR) is 155 cm³/mol. The maximum absolute atomic E-state index is 14.0. The number of para-hydroxylation sites is 1. The Morgan fingerprint density at radius 2 is 1.72 bits per heavy atom. The molecule has 39 heavy (non-hydrogen) atoms. The Balaban J connectivity index is 1.41. The SMILES string of the molecule is CCCCN(CCCC)CCCN1CC(=O)N2C(c3cccc(OC)c3)c3[nH]c4ccccc4c3C[C@H]2C1=O. The zero-order valence-electron chi connectivity index (χ0n) is 23.6. The maximum atomic E-state index is 14.0. The Morgan fingerprint density at radius 1 is 0.974 bits per heavy atom. The van der Waals surface area contributed by atoms with Crippen molar-refractivity contribution in [2.24, 2.45) is 0 Å². The van der Waals surface area contributed by atoms with Crippen molar-refractivity contribution in [1.82, 2.24) is 19.7 Å². The van der Waals surface area contributed by atoms with Crippen LogP contribution in [0.4, 0.5) is 0 Å². The molecule has 2 aliphatic rings. The van der Waals surface area contributed by atoms with Gasteiger partial charge in [-0.25, -0.2) is 0 Å². The number of amides is 2. The number of carbonyl (C=O) groups excluding carboxylic acids is 2. The number of rotatable bonds is 12. The Labute approximate surface area is 232 Å². The minimum Gasteiger partial charge on any atom is -0.497 e. The summed E-state index contributed by atoms with van der Waals surface area (Å²) in [6.45, 7) is 8.37. The van der Waals surface area contributed by atoms with E-state index < -0.39 is 6.04 Å². The minimum atomic E-state index is -0.509. The highest BCUT2D eigenvalue weighted by atomic mass is 16.5. The summed E-state index contributed by atoms with van der Waals surface area (Å²) in [5.41, 5.74) is 4.11. The van der Waals surface area contributed by atoms with Crippen molar-refractivity contribution in [1.29, 1.82) is 0 Å². The summed E-state index contributed by atoms with van der Waals surface area (Å²) < 4.78 is 5.51. The van der Waals surface area contributed by atoms with Gasteiger partial charge in [-0.05, 0) is 68.2 Å². The number of hydrogen-bond donors (Lipinski definition) is 1. The molecule has 0 spiro atoms. The molecular formula is C32H42N4O3. The number of methoxy groups -OCH3 is 1. The molecule has 1 aromatic heterocycles. The summed E-state index contributed by atoms with van der Waals surface area (Å²) in [7, 11) is 1.65. The van der Waals surface area contributed by atoms with Crippen LogP contribution in [0.2, 0.25) is 0 Å². The van der Waals surface area contributed by atoms with Gasteiger partial charge in [0.15, 0.2) is 0 Å². The fraction of sp³-hybridized carbons (Fsp3) is 0.500. The van der Waals surface area contributed by atoms with Gasteiger partial charge in [-0.1, -0.05) is 57.0 Å². The quantitative estimate of drug-likeness (QED) is 0.352. The summed E-state index contributed by atoms with van der Waals surface area (Å²) >= 11 is 0. The fourth-order valence-corrected chi connectivity index (χ4v) is 6.25. The van der Waals surface area contributed by atoms with E-state index in [0.29, 0.717) is 13.0 Å². The third-order valence-electron chi connectivity index (χ3n) is 8.31. The monoisotopic (exact) mass is 530 g/mol. The van der Waals surface area contributed by atoms with Crippen LogP contribution in [-0.4, -0.2) is 77.4 Å². The summed E-state index contributed by atoms with van der Waals surface area (Å²) in [6, 6.07) is 15.2. The van der Waals surface area contributed by atoms with Crippen molar-refractivity contribution < 1.29 is 14.3 Å². The number of aromatic amines is 1. The average Bonchev–Trinajstić information content (AvgIpc) is 3.34. The van der Waals surface area contributed by atoms with E-state index in [1.165, 1.54) is 25.7 Å². The van der Waals surface area contributed by atoms with E-state index in [1.807, 2.05) is 46.2 Å². The number of ether oxygens (including phenoxy) is 1. The smallest absolute Gasteiger partial charge is 0.246 e. The lowest BCUT2D eigenvalue weighted by Gasteiger charge is -2.47. The lowest BCUT2D eigenvalue weighted by Crippen LogP contribution is -2.63. The van der Waals surface area contributed by atoms with E-state index in [-0.39, 0.29) is 24.4 Å². The number of carbonyl (C=O) groups is 2. The Morgan fingerprint density at radius 3 is 2.46 bits per heavy atom. The number of H-pyrrole nitrogens is 1. The predicted octanol–water partition coefficient (Wildman–Crippen LogP) is 5.15. The number of nitrogens with zero attached hydrogens (tertiary/aromatic N) is 3. The molecule has 208 valence electrons. The minimum absolute atomic E-state index is 0.00514. The van der Waals surface area contributed by atoms with Crippen molar-refractivity contribution in [3.05, 3.63) is 65.4 Å². The van der Waals surface area contributed by atoms with E-state index in [0.717, 1.165) is 59.5 Å². The van der Waals surface area contributed by atoms with Crippen molar-refractivity contribution in [3.8, 4) is 5.75 Å². The molecule has 2 amide bonds. The van der Waals surface area contributed by atoms with Crippen molar-refractivity contribution in [2.75, 3.05) is 39.8 Å². The van der Waals surface area contributed by atoms with Crippen LogP contribution in [0.1, 0.15) is 68.8 Å². The molecule has 0 saturated carbocycles. The van der Waals surface area contributed by atoms with Crippen LogP contribution in [0.5, 0.6) is 5.75 Å². The van der Waals surface area contributed by atoms with Gasteiger partial charge >= 0.3 is 0 Å². The molecule has 1 N–H and O–H groups in total. The van der Waals surface area contributed by atoms with Gasteiger partial charge in [-0.15, -0.1) is 0 Å². The lowest BCUT2D eigenvalue weighted by atomic mass is 9.86. The first-order valence-electron chi connectivity index (χ1n) is 14.6. The van der Waals surface area contributed by atoms with Crippen LogP contribution in [0.25, 0.3) is 10.9 Å².